The van der Waals surface area contributed by atoms with Crippen molar-refractivity contribution in [2.75, 3.05) is 12.4 Å². The van der Waals surface area contributed by atoms with E-state index in [1.165, 1.54) is 6.07 Å². The molecule has 1 saturated carbocycles. The summed E-state index contributed by atoms with van der Waals surface area (Å²) < 4.78 is 44.7. The second-order valence-corrected chi connectivity index (χ2v) is 5.49. The zero-order chi connectivity index (χ0) is 17.3. The van der Waals surface area contributed by atoms with Gasteiger partial charge in [0.1, 0.15) is 0 Å². The highest BCUT2D eigenvalue weighted by Crippen LogP contribution is 2.43. The van der Waals surface area contributed by atoms with E-state index in [9.17, 15) is 23.1 Å². The highest BCUT2D eigenvalue weighted by molar-refractivity contribution is 6.30. The Kier molecular flexibility index (Phi) is 4.78. The Morgan fingerprint density at radius 2 is 2.09 bits per heavy atom. The number of aliphatic hydroxyl groups is 1. The molecule has 124 valence electrons. The number of nitrogens with one attached hydrogen (secondary N) is 1. The van der Waals surface area contributed by atoms with E-state index in [0.29, 0.717) is 12.8 Å². The van der Waals surface area contributed by atoms with Gasteiger partial charge in [0.25, 0.3) is 0 Å². The number of halogens is 4. The minimum Gasteiger partial charge on any atom is -0.453 e. The second-order valence-electron chi connectivity index (χ2n) is 5.06. The van der Waals surface area contributed by atoms with Crippen LogP contribution in [-0.4, -0.2) is 24.5 Å². The minimum atomic E-state index is -5.08. The number of carbonyl (C=O) groups excluding carboxylic acids is 1. The van der Waals surface area contributed by atoms with E-state index in [2.05, 4.69) is 16.0 Å². The largest absolute Gasteiger partial charge is 0.453 e. The molecule has 23 heavy (non-hydrogen) atoms. The number of ether oxygens (including phenoxy) is 1. The predicted molar refractivity (Wildman–Crippen MR) is 77.9 cm³/mol. The van der Waals surface area contributed by atoms with Gasteiger partial charge in [-0.1, -0.05) is 23.4 Å². The van der Waals surface area contributed by atoms with Gasteiger partial charge in [-0.25, -0.2) is 4.79 Å². The van der Waals surface area contributed by atoms with E-state index in [-0.39, 0.29) is 16.6 Å². The summed E-state index contributed by atoms with van der Waals surface area (Å²) in [7, 11) is 1.06. The molecule has 1 aromatic rings. The fourth-order valence-corrected chi connectivity index (χ4v) is 1.98. The van der Waals surface area contributed by atoms with Crippen molar-refractivity contribution in [2.24, 2.45) is 5.92 Å². The first kappa shape index (κ1) is 17.4. The maximum absolute atomic E-state index is 13.5. The smallest absolute Gasteiger partial charge is 0.433 e. The molecule has 0 bridgehead atoms. The van der Waals surface area contributed by atoms with Crippen LogP contribution in [0.2, 0.25) is 5.02 Å². The lowest BCUT2D eigenvalue weighted by Crippen LogP contribution is -2.42. The number of anilines is 1. The molecule has 1 amide bonds. The van der Waals surface area contributed by atoms with Gasteiger partial charge in [0, 0.05) is 16.5 Å². The number of rotatable bonds is 2. The van der Waals surface area contributed by atoms with E-state index in [4.69, 9.17) is 11.6 Å². The molecule has 2 N–H and O–H groups in total. The molecule has 1 aromatic carbocycles. The van der Waals surface area contributed by atoms with Gasteiger partial charge in [0.2, 0.25) is 5.60 Å². The third-order valence-corrected chi connectivity index (χ3v) is 3.47. The molecule has 1 atom stereocenters. The van der Waals surface area contributed by atoms with E-state index in [0.717, 1.165) is 19.2 Å². The number of hydrogen-bond donors (Lipinski definition) is 2. The summed E-state index contributed by atoms with van der Waals surface area (Å²) in [6.45, 7) is 0. The zero-order valence-electron chi connectivity index (χ0n) is 12.0. The molecule has 0 radical (unpaired) electrons. The minimum absolute atomic E-state index is 0.0358. The van der Waals surface area contributed by atoms with Gasteiger partial charge in [-0.15, -0.1) is 0 Å². The SMILES string of the molecule is COC(=O)Nc1ccc(Cl)cc1[C@@](O)(C#CC1CC1)C(F)(F)F. The van der Waals surface area contributed by atoms with E-state index in [1.807, 2.05) is 5.92 Å². The molecule has 1 aliphatic carbocycles. The van der Waals surface area contributed by atoms with Crippen LogP contribution in [0.5, 0.6) is 0 Å². The summed E-state index contributed by atoms with van der Waals surface area (Å²) in [6.07, 6.45) is -4.66. The third kappa shape index (κ3) is 3.89. The number of methoxy groups -OCH3 is 1. The molecule has 4 nitrogen and oxygen atoms in total. The molecule has 2 rings (SSSR count). The molecule has 0 aromatic heterocycles. The van der Waals surface area contributed by atoms with Crippen LogP contribution in [0.1, 0.15) is 18.4 Å². The Labute approximate surface area is 135 Å². The van der Waals surface area contributed by atoms with Gasteiger partial charge < -0.3 is 9.84 Å². The van der Waals surface area contributed by atoms with Crippen molar-refractivity contribution in [1.29, 1.82) is 0 Å². The van der Waals surface area contributed by atoms with Crippen LogP contribution in [0, 0.1) is 17.8 Å². The van der Waals surface area contributed by atoms with Crippen LogP contribution in [0.3, 0.4) is 0 Å². The van der Waals surface area contributed by atoms with Crippen LogP contribution in [-0.2, 0) is 10.3 Å². The van der Waals surface area contributed by atoms with Gasteiger partial charge in [-0.2, -0.15) is 13.2 Å². The molecule has 0 saturated heterocycles. The van der Waals surface area contributed by atoms with Crippen molar-refractivity contribution in [3.05, 3.63) is 28.8 Å². The number of benzene rings is 1. The maximum atomic E-state index is 13.5. The van der Waals surface area contributed by atoms with Crippen LogP contribution >= 0.6 is 11.6 Å². The third-order valence-electron chi connectivity index (χ3n) is 3.24. The fraction of sp³-hybridized carbons (Fsp3) is 0.400. The van der Waals surface area contributed by atoms with Crippen LogP contribution in [0.4, 0.5) is 23.7 Å². The Hall–Kier alpha value is -1.91. The standard InChI is InChI=1S/C15H13ClF3NO3/c1-23-13(21)20-12-5-4-10(16)8-11(12)14(22,15(17,18)19)7-6-9-2-3-9/h4-5,8-9,22H,2-3H2,1H3,(H,20,21)/t14-/m0/s1. The number of alkyl halides is 3. The van der Waals surface area contributed by atoms with Crippen LogP contribution in [0.25, 0.3) is 0 Å². The zero-order valence-corrected chi connectivity index (χ0v) is 12.8. The van der Waals surface area contributed by atoms with Crippen molar-refractivity contribution >= 4 is 23.4 Å². The van der Waals surface area contributed by atoms with Crippen molar-refractivity contribution in [1.82, 2.24) is 0 Å². The molecule has 1 aliphatic rings. The summed E-state index contributed by atoms with van der Waals surface area (Å²) >= 11 is 5.75. The average molecular weight is 348 g/mol. The van der Waals surface area contributed by atoms with Crippen molar-refractivity contribution in [2.45, 2.75) is 24.6 Å². The maximum Gasteiger partial charge on any atom is 0.433 e. The summed E-state index contributed by atoms with van der Waals surface area (Å²) in [5.41, 5.74) is -4.39. The lowest BCUT2D eigenvalue weighted by Gasteiger charge is -2.28. The van der Waals surface area contributed by atoms with Crippen molar-refractivity contribution in [3.63, 3.8) is 0 Å². The van der Waals surface area contributed by atoms with Crippen molar-refractivity contribution < 1.29 is 27.8 Å². The molecule has 0 aliphatic heterocycles. The summed E-state index contributed by atoms with van der Waals surface area (Å²) in [5, 5.41) is 12.3. The second kappa shape index (κ2) is 6.30. The first-order valence-corrected chi connectivity index (χ1v) is 7.02. The molecule has 8 heteroatoms. The highest BCUT2D eigenvalue weighted by Gasteiger charge is 2.55. The van der Waals surface area contributed by atoms with E-state index in [1.54, 1.807) is 0 Å². The Bertz CT molecular complexity index is 677. The fourth-order valence-electron chi connectivity index (χ4n) is 1.81. The highest BCUT2D eigenvalue weighted by atomic mass is 35.5. The first-order valence-electron chi connectivity index (χ1n) is 6.64. The summed E-state index contributed by atoms with van der Waals surface area (Å²) in [4.78, 5) is 11.3. The number of amides is 1. The van der Waals surface area contributed by atoms with Crippen LogP contribution < -0.4 is 5.32 Å². The van der Waals surface area contributed by atoms with Gasteiger partial charge in [-0.05, 0) is 31.0 Å². The molecular weight excluding hydrogens is 335 g/mol. The molecule has 0 unspecified atom stereocenters. The van der Waals surface area contributed by atoms with Gasteiger partial charge in [0.05, 0.1) is 12.8 Å². The van der Waals surface area contributed by atoms with Gasteiger partial charge in [-0.3, -0.25) is 5.32 Å². The van der Waals surface area contributed by atoms with Crippen LogP contribution in [0.15, 0.2) is 18.2 Å². The topological polar surface area (TPSA) is 58.6 Å². The Balaban J connectivity index is 2.55. The van der Waals surface area contributed by atoms with Gasteiger partial charge in [0.15, 0.2) is 0 Å². The lowest BCUT2D eigenvalue weighted by atomic mass is 9.91. The summed E-state index contributed by atoms with van der Waals surface area (Å²) in [6, 6.07) is 3.34. The monoisotopic (exact) mass is 347 g/mol. The average Bonchev–Trinajstić information content (AvgIpc) is 3.29. The molecule has 0 heterocycles. The van der Waals surface area contributed by atoms with E-state index >= 15 is 0 Å². The van der Waals surface area contributed by atoms with Crippen molar-refractivity contribution in [3.8, 4) is 11.8 Å². The quantitative estimate of drug-likeness (QED) is 0.802. The Morgan fingerprint density at radius 3 is 2.61 bits per heavy atom. The normalized spacial score (nSPS) is 16.8. The van der Waals surface area contributed by atoms with Gasteiger partial charge >= 0.3 is 12.3 Å². The molecule has 1 fully saturated rings. The summed E-state index contributed by atoms with van der Waals surface area (Å²) in [5.74, 6) is 4.16. The first-order chi connectivity index (χ1) is 10.7. The van der Waals surface area contributed by atoms with E-state index < -0.39 is 23.4 Å². The number of hydrogen-bond acceptors (Lipinski definition) is 3. The molecule has 0 spiro atoms. The predicted octanol–water partition coefficient (Wildman–Crippen LogP) is 3.68. The number of carbonyl (C=O) groups is 1. The Morgan fingerprint density at radius 1 is 1.43 bits per heavy atom. The lowest BCUT2D eigenvalue weighted by molar-refractivity contribution is -0.240. The molecular formula is C15H13ClF3NO3.